The first-order valence-corrected chi connectivity index (χ1v) is 16.7. The Balaban J connectivity index is 1.25. The number of hydrogen-bond acceptors (Lipinski definition) is 8. The molecular formula is C37H40FN7O3. The fraction of sp³-hybridized carbons (Fsp3) is 0.378. The van der Waals surface area contributed by atoms with Crippen LogP contribution in [-0.2, 0) is 17.8 Å². The van der Waals surface area contributed by atoms with Crippen LogP contribution in [0.1, 0.15) is 71.7 Å². The van der Waals surface area contributed by atoms with Gasteiger partial charge in [-0.05, 0) is 88.4 Å². The molecule has 4 aromatic heterocycles. The highest BCUT2D eigenvalue weighted by molar-refractivity contribution is 5.87. The van der Waals surface area contributed by atoms with Crippen LogP contribution in [0.3, 0.4) is 0 Å². The highest BCUT2D eigenvalue weighted by Crippen LogP contribution is 2.38. The Hall–Kier alpha value is -4.90. The summed E-state index contributed by atoms with van der Waals surface area (Å²) in [6, 6.07) is 11.8. The first-order chi connectivity index (χ1) is 23.3. The summed E-state index contributed by atoms with van der Waals surface area (Å²) >= 11 is 0. The first kappa shape index (κ1) is 31.7. The Morgan fingerprint density at radius 1 is 1.02 bits per heavy atom. The van der Waals surface area contributed by atoms with Crippen molar-refractivity contribution >= 4 is 22.6 Å². The number of carbonyl (C=O) groups excluding carboxylic acids is 1. The van der Waals surface area contributed by atoms with E-state index >= 15 is 4.39 Å². The molecule has 0 unspecified atom stereocenters. The number of anilines is 1. The maximum atomic E-state index is 15.8. The summed E-state index contributed by atoms with van der Waals surface area (Å²) < 4.78 is 24.4. The lowest BCUT2D eigenvalue weighted by Crippen LogP contribution is -2.48. The summed E-state index contributed by atoms with van der Waals surface area (Å²) in [5.74, 6) is -1.13. The molecule has 5 aromatic rings. The maximum absolute atomic E-state index is 15.8. The van der Waals surface area contributed by atoms with Crippen LogP contribution in [-0.4, -0.2) is 60.7 Å². The van der Waals surface area contributed by atoms with Gasteiger partial charge < -0.3 is 18.8 Å². The van der Waals surface area contributed by atoms with Gasteiger partial charge in [-0.25, -0.2) is 14.2 Å². The van der Waals surface area contributed by atoms with Crippen LogP contribution in [0.15, 0.2) is 72.3 Å². The largest absolute Gasteiger partial charge is 0.461 e. The van der Waals surface area contributed by atoms with E-state index in [1.54, 1.807) is 13.0 Å². The Morgan fingerprint density at radius 3 is 2.62 bits per heavy atom. The minimum Gasteiger partial charge on any atom is -0.461 e. The first-order valence-electron chi connectivity index (χ1n) is 16.7. The Kier molecular flexibility index (Phi) is 8.79. The maximum Gasteiger partial charge on any atom is 0.358 e. The molecule has 0 radical (unpaired) electrons. The van der Waals surface area contributed by atoms with Gasteiger partial charge in [0.15, 0.2) is 11.1 Å². The fourth-order valence-electron chi connectivity index (χ4n) is 6.75. The lowest BCUT2D eigenvalue weighted by atomic mass is 10.0. The number of ether oxygens (including phenoxy) is 1. The van der Waals surface area contributed by atoms with E-state index in [2.05, 4.69) is 41.5 Å². The molecule has 0 bridgehead atoms. The molecule has 248 valence electrons. The number of fused-ring (bicyclic) bond motifs is 1. The molecule has 0 spiro atoms. The summed E-state index contributed by atoms with van der Waals surface area (Å²) in [5, 5.41) is 0.349. The molecule has 0 amide bonds. The van der Waals surface area contributed by atoms with E-state index in [4.69, 9.17) is 4.74 Å². The molecule has 10 nitrogen and oxygen atoms in total. The van der Waals surface area contributed by atoms with Crippen LogP contribution in [0.2, 0.25) is 0 Å². The van der Waals surface area contributed by atoms with Crippen molar-refractivity contribution in [3.8, 4) is 5.69 Å². The van der Waals surface area contributed by atoms with Gasteiger partial charge in [0.1, 0.15) is 12.1 Å². The van der Waals surface area contributed by atoms with Crippen molar-refractivity contribution in [2.75, 3.05) is 24.6 Å². The quantitative estimate of drug-likeness (QED) is 0.172. The number of rotatable bonds is 10. The minimum absolute atomic E-state index is 0.0932. The molecule has 48 heavy (non-hydrogen) atoms. The monoisotopic (exact) mass is 649 g/mol. The number of piperidine rings is 1. The molecular weight excluding hydrogens is 609 g/mol. The van der Waals surface area contributed by atoms with Crippen molar-refractivity contribution < 1.29 is 13.9 Å². The van der Waals surface area contributed by atoms with E-state index in [1.165, 1.54) is 23.2 Å². The second-order valence-corrected chi connectivity index (χ2v) is 12.9. The fourth-order valence-corrected chi connectivity index (χ4v) is 6.75. The molecule has 11 heteroatoms. The number of benzene rings is 1. The third-order valence-corrected chi connectivity index (χ3v) is 9.35. The Bertz CT molecular complexity index is 2020. The number of halogens is 1. The molecule has 1 atom stereocenters. The van der Waals surface area contributed by atoms with Crippen molar-refractivity contribution in [3.63, 3.8) is 0 Å². The molecule has 1 aromatic carbocycles. The summed E-state index contributed by atoms with van der Waals surface area (Å²) in [5.41, 5.74) is 5.63. The highest BCUT2D eigenvalue weighted by Gasteiger charge is 2.30. The number of aromatic nitrogens is 5. The predicted octanol–water partition coefficient (Wildman–Crippen LogP) is 5.92. The molecule has 2 fully saturated rings. The Morgan fingerprint density at radius 2 is 1.88 bits per heavy atom. The zero-order valence-electron chi connectivity index (χ0n) is 27.6. The van der Waals surface area contributed by atoms with E-state index in [-0.39, 0.29) is 35.5 Å². The van der Waals surface area contributed by atoms with Gasteiger partial charge in [0.05, 0.1) is 29.7 Å². The molecule has 1 aliphatic heterocycles. The van der Waals surface area contributed by atoms with Crippen LogP contribution in [0, 0.1) is 19.7 Å². The number of pyridine rings is 3. The van der Waals surface area contributed by atoms with E-state index in [1.807, 2.05) is 44.6 Å². The smallest absolute Gasteiger partial charge is 0.358 e. The zero-order chi connectivity index (χ0) is 33.4. The van der Waals surface area contributed by atoms with Gasteiger partial charge in [0.2, 0.25) is 0 Å². The van der Waals surface area contributed by atoms with Gasteiger partial charge in [-0.3, -0.25) is 19.7 Å². The van der Waals surface area contributed by atoms with Crippen LogP contribution in [0.25, 0.3) is 16.6 Å². The molecule has 1 saturated carbocycles. The predicted molar refractivity (Wildman–Crippen MR) is 182 cm³/mol. The molecule has 5 heterocycles. The van der Waals surface area contributed by atoms with Gasteiger partial charge in [-0.1, -0.05) is 0 Å². The van der Waals surface area contributed by atoms with E-state index < -0.39 is 11.8 Å². The van der Waals surface area contributed by atoms with Gasteiger partial charge in [0, 0.05) is 79.2 Å². The van der Waals surface area contributed by atoms with Gasteiger partial charge >= 0.3 is 5.97 Å². The highest BCUT2D eigenvalue weighted by atomic mass is 19.1. The number of imidazole rings is 1. The molecule has 1 saturated heterocycles. The molecule has 2 aliphatic rings. The van der Waals surface area contributed by atoms with E-state index in [9.17, 15) is 9.59 Å². The summed E-state index contributed by atoms with van der Waals surface area (Å²) in [7, 11) is 0. The summed E-state index contributed by atoms with van der Waals surface area (Å²) in [6.07, 6.45) is 12.6. The number of esters is 1. The molecule has 0 N–H and O–H groups in total. The van der Waals surface area contributed by atoms with Crippen LogP contribution < -0.4 is 10.3 Å². The number of nitrogens with zero attached hydrogens (tertiary/aromatic N) is 7. The average molecular weight is 650 g/mol. The Labute approximate surface area is 278 Å². The minimum atomic E-state index is -0.569. The van der Waals surface area contributed by atoms with Crippen LogP contribution in [0.4, 0.5) is 10.1 Å². The number of aryl methyl sites for hydroxylation is 2. The lowest BCUT2D eigenvalue weighted by Gasteiger charge is -2.40. The molecule has 7 rings (SSSR count). The summed E-state index contributed by atoms with van der Waals surface area (Å²) in [4.78, 5) is 44.2. The second kappa shape index (κ2) is 13.3. The second-order valence-electron chi connectivity index (χ2n) is 12.9. The van der Waals surface area contributed by atoms with E-state index in [0.717, 1.165) is 61.4 Å². The van der Waals surface area contributed by atoms with Crippen molar-refractivity contribution in [1.82, 2.24) is 29.0 Å². The zero-order valence-corrected chi connectivity index (χ0v) is 27.6. The van der Waals surface area contributed by atoms with Crippen molar-refractivity contribution in [1.29, 1.82) is 0 Å². The van der Waals surface area contributed by atoms with Crippen molar-refractivity contribution in [3.05, 3.63) is 112 Å². The number of hydrogen-bond donors (Lipinski definition) is 0. The normalized spacial score (nSPS) is 16.5. The van der Waals surface area contributed by atoms with Gasteiger partial charge in [0.25, 0.3) is 0 Å². The van der Waals surface area contributed by atoms with Crippen LogP contribution >= 0.6 is 0 Å². The number of carbonyl (C=O) groups is 1. The van der Waals surface area contributed by atoms with E-state index in [0.29, 0.717) is 29.6 Å². The molecule has 1 aliphatic carbocycles. The van der Waals surface area contributed by atoms with Gasteiger partial charge in [-0.2, -0.15) is 0 Å². The third-order valence-electron chi connectivity index (χ3n) is 9.35. The van der Waals surface area contributed by atoms with Crippen molar-refractivity contribution in [2.45, 2.75) is 71.6 Å². The standard InChI is InChI=1S/C37H40FN7O3/c1-4-48-37(47)33-22-44(23-41-33)35-16-34-31(15-32(35)38)36(46)27(20-45(34)28-9-10-28)19-43(18-26-11-12-39-25(3)14-26)30-6-5-13-42(21-30)29-8-7-24(2)40-17-29/h7-8,11-12,14-17,20,22-23,28,30H,4-6,9-10,13,18-19,21H2,1-3H3/t30-/m0/s1. The lowest BCUT2D eigenvalue weighted by molar-refractivity contribution is 0.0520. The third kappa shape index (κ3) is 6.60. The average Bonchev–Trinajstić information content (AvgIpc) is 3.81. The SMILES string of the molecule is CCOC(=O)c1cn(-c2cc3c(cc2F)c(=O)c(CN(Cc2ccnc(C)c2)[C@H]2CCCN(c4ccc(C)nc4)C2)cn3C2CC2)cn1. The van der Waals surface area contributed by atoms with Crippen molar-refractivity contribution in [2.24, 2.45) is 0 Å². The summed E-state index contributed by atoms with van der Waals surface area (Å²) in [6.45, 7) is 8.77. The van der Waals surface area contributed by atoms with Crippen LogP contribution in [0.5, 0.6) is 0 Å². The van der Waals surface area contributed by atoms with Gasteiger partial charge in [-0.15, -0.1) is 0 Å². The topological polar surface area (TPSA) is 98.4 Å².